The first-order valence-electron chi connectivity index (χ1n) is 5.30. The zero-order chi connectivity index (χ0) is 12.5. The molecule has 4 N–H and O–H groups in total. The van der Waals surface area contributed by atoms with Gasteiger partial charge in [-0.05, 0) is 17.2 Å². The molecule has 0 saturated heterocycles. The van der Waals surface area contributed by atoms with Crippen LogP contribution in [0.2, 0.25) is 0 Å². The molecule has 0 aliphatic heterocycles. The molecule has 90 valence electrons. The zero-order valence-electron chi connectivity index (χ0n) is 9.49. The predicted molar refractivity (Wildman–Crippen MR) is 67.7 cm³/mol. The van der Waals surface area contributed by atoms with Gasteiger partial charge in [0.25, 0.3) is 0 Å². The Morgan fingerprint density at radius 1 is 1.29 bits per heavy atom. The van der Waals surface area contributed by atoms with Crippen molar-refractivity contribution in [2.45, 2.75) is 6.61 Å². The Hall–Kier alpha value is -1.56. The number of nitrogens with two attached hydrogens (primary N) is 1. The molecule has 0 amide bonds. The number of hydrogen-bond donors (Lipinski definition) is 3. The molecular formula is C12H16BNO3. The van der Waals surface area contributed by atoms with Crippen molar-refractivity contribution in [3.8, 4) is 0 Å². The molecule has 5 heteroatoms. The monoisotopic (exact) mass is 233 g/mol. The van der Waals surface area contributed by atoms with Gasteiger partial charge < -0.3 is 20.5 Å². The van der Waals surface area contributed by atoms with Crippen LogP contribution in [0.25, 0.3) is 0 Å². The third-order valence-electron chi connectivity index (χ3n) is 2.13. The standard InChI is InChI=1S/C12H16BNO3/c14-9-12(13(15)16)7-4-8-17-10-11-5-2-1-3-6-11/h1-7,9,15-16H,8,10,14H2/b7-4-,12-9+. The van der Waals surface area contributed by atoms with Crippen LogP contribution in [0.15, 0.2) is 54.2 Å². The number of rotatable bonds is 6. The van der Waals surface area contributed by atoms with Gasteiger partial charge in [0.15, 0.2) is 0 Å². The fourth-order valence-corrected chi connectivity index (χ4v) is 1.23. The summed E-state index contributed by atoms with van der Waals surface area (Å²) in [4.78, 5) is 0. The molecule has 0 fully saturated rings. The summed E-state index contributed by atoms with van der Waals surface area (Å²) in [6.45, 7) is 0.910. The van der Waals surface area contributed by atoms with Gasteiger partial charge in [0.2, 0.25) is 0 Å². The Bertz CT molecular complexity index is 377. The third-order valence-corrected chi connectivity index (χ3v) is 2.13. The summed E-state index contributed by atoms with van der Waals surface area (Å²) in [5.74, 6) is 0. The first-order chi connectivity index (χ1) is 8.24. The van der Waals surface area contributed by atoms with E-state index in [0.29, 0.717) is 13.2 Å². The van der Waals surface area contributed by atoms with E-state index in [4.69, 9.17) is 20.5 Å². The van der Waals surface area contributed by atoms with Crippen LogP contribution < -0.4 is 5.73 Å². The zero-order valence-corrected chi connectivity index (χ0v) is 9.49. The van der Waals surface area contributed by atoms with Crippen LogP contribution in [0.1, 0.15) is 5.56 Å². The predicted octanol–water partition coefficient (Wildman–Crippen LogP) is 0.614. The van der Waals surface area contributed by atoms with E-state index in [1.54, 1.807) is 6.08 Å². The Labute approximate surface area is 101 Å². The molecule has 4 nitrogen and oxygen atoms in total. The Morgan fingerprint density at radius 2 is 2.00 bits per heavy atom. The minimum absolute atomic E-state index is 0.244. The summed E-state index contributed by atoms with van der Waals surface area (Å²) in [6.07, 6.45) is 4.36. The molecule has 0 unspecified atom stereocenters. The minimum atomic E-state index is -1.55. The number of benzene rings is 1. The molecule has 0 bridgehead atoms. The lowest BCUT2D eigenvalue weighted by Gasteiger charge is -2.01. The second-order valence-electron chi connectivity index (χ2n) is 3.44. The molecular weight excluding hydrogens is 217 g/mol. The molecule has 0 aliphatic rings. The normalized spacial score (nSPS) is 12.0. The second kappa shape index (κ2) is 7.68. The molecule has 0 heterocycles. The fraction of sp³-hybridized carbons (Fsp3) is 0.167. The van der Waals surface area contributed by atoms with Gasteiger partial charge in [0.05, 0.1) is 13.2 Å². The van der Waals surface area contributed by atoms with Crippen LogP contribution in [0.3, 0.4) is 0 Å². The highest BCUT2D eigenvalue weighted by Crippen LogP contribution is 2.01. The summed E-state index contributed by atoms with van der Waals surface area (Å²) in [6, 6.07) is 9.81. The molecule has 1 aromatic rings. The van der Waals surface area contributed by atoms with Gasteiger partial charge in [-0.2, -0.15) is 0 Å². The maximum Gasteiger partial charge on any atom is 0.489 e. The lowest BCUT2D eigenvalue weighted by Crippen LogP contribution is -2.15. The maximum atomic E-state index is 8.86. The molecule has 0 aliphatic carbocycles. The fourth-order valence-electron chi connectivity index (χ4n) is 1.23. The Morgan fingerprint density at radius 3 is 2.59 bits per heavy atom. The van der Waals surface area contributed by atoms with Crippen molar-refractivity contribution in [1.29, 1.82) is 0 Å². The van der Waals surface area contributed by atoms with E-state index in [9.17, 15) is 0 Å². The molecule has 0 radical (unpaired) electrons. The highest BCUT2D eigenvalue weighted by Gasteiger charge is 2.09. The Balaban J connectivity index is 2.27. The van der Waals surface area contributed by atoms with Crippen LogP contribution in [-0.4, -0.2) is 23.8 Å². The van der Waals surface area contributed by atoms with Gasteiger partial charge in [0.1, 0.15) is 0 Å². The van der Waals surface area contributed by atoms with Gasteiger partial charge in [-0.25, -0.2) is 0 Å². The van der Waals surface area contributed by atoms with Gasteiger partial charge in [-0.1, -0.05) is 42.5 Å². The third kappa shape index (κ3) is 5.35. The molecule has 0 atom stereocenters. The SMILES string of the molecule is N/C=C(\C=C/COCc1ccccc1)B(O)O. The maximum absolute atomic E-state index is 8.86. The van der Waals surface area contributed by atoms with Crippen LogP contribution >= 0.6 is 0 Å². The largest absolute Gasteiger partial charge is 0.489 e. The van der Waals surface area contributed by atoms with Crippen LogP contribution in [0.5, 0.6) is 0 Å². The van der Waals surface area contributed by atoms with Crippen molar-refractivity contribution in [2.75, 3.05) is 6.61 Å². The first kappa shape index (κ1) is 13.5. The quantitative estimate of drug-likeness (QED) is 0.382. The van der Waals surface area contributed by atoms with Crippen molar-refractivity contribution in [3.05, 3.63) is 59.7 Å². The van der Waals surface area contributed by atoms with E-state index in [2.05, 4.69) is 0 Å². The van der Waals surface area contributed by atoms with E-state index < -0.39 is 7.12 Å². The summed E-state index contributed by atoms with van der Waals surface area (Å²) < 4.78 is 5.38. The van der Waals surface area contributed by atoms with Crippen LogP contribution in [0, 0.1) is 0 Å². The van der Waals surface area contributed by atoms with Crippen molar-refractivity contribution < 1.29 is 14.8 Å². The number of allylic oxidation sites excluding steroid dienone is 2. The second-order valence-corrected chi connectivity index (χ2v) is 3.44. The summed E-state index contributed by atoms with van der Waals surface area (Å²) >= 11 is 0. The average Bonchev–Trinajstić information content (AvgIpc) is 2.34. The van der Waals surface area contributed by atoms with E-state index >= 15 is 0 Å². The molecule has 1 aromatic carbocycles. The molecule has 0 spiro atoms. The van der Waals surface area contributed by atoms with Gasteiger partial charge in [0, 0.05) is 0 Å². The van der Waals surface area contributed by atoms with E-state index in [1.807, 2.05) is 30.3 Å². The number of ether oxygens (including phenoxy) is 1. The highest BCUT2D eigenvalue weighted by atomic mass is 16.5. The van der Waals surface area contributed by atoms with E-state index in [1.165, 1.54) is 6.08 Å². The lowest BCUT2D eigenvalue weighted by molar-refractivity contribution is 0.148. The summed E-state index contributed by atoms with van der Waals surface area (Å²) in [5.41, 5.74) is 6.54. The average molecular weight is 233 g/mol. The highest BCUT2D eigenvalue weighted by molar-refractivity contribution is 6.51. The topological polar surface area (TPSA) is 75.7 Å². The Kier molecular flexibility index (Phi) is 6.10. The van der Waals surface area contributed by atoms with E-state index in [0.717, 1.165) is 11.8 Å². The van der Waals surface area contributed by atoms with Crippen molar-refractivity contribution in [3.63, 3.8) is 0 Å². The molecule has 17 heavy (non-hydrogen) atoms. The molecule has 0 saturated carbocycles. The van der Waals surface area contributed by atoms with Gasteiger partial charge >= 0.3 is 7.12 Å². The first-order valence-corrected chi connectivity index (χ1v) is 5.30. The van der Waals surface area contributed by atoms with E-state index in [-0.39, 0.29) is 5.47 Å². The smallest absolute Gasteiger partial charge is 0.423 e. The van der Waals surface area contributed by atoms with Gasteiger partial charge in [-0.15, -0.1) is 0 Å². The molecule has 1 rings (SSSR count). The van der Waals surface area contributed by atoms with Crippen LogP contribution in [-0.2, 0) is 11.3 Å². The number of hydrogen-bond acceptors (Lipinski definition) is 4. The summed E-state index contributed by atoms with van der Waals surface area (Å²) in [5, 5.41) is 17.7. The van der Waals surface area contributed by atoms with Crippen molar-refractivity contribution in [2.24, 2.45) is 5.73 Å². The lowest BCUT2D eigenvalue weighted by atomic mass is 9.80. The van der Waals surface area contributed by atoms with Gasteiger partial charge in [-0.3, -0.25) is 0 Å². The summed E-state index contributed by atoms with van der Waals surface area (Å²) in [7, 11) is -1.55. The minimum Gasteiger partial charge on any atom is -0.423 e. The van der Waals surface area contributed by atoms with Crippen LogP contribution in [0.4, 0.5) is 0 Å². The molecule has 0 aromatic heterocycles. The van der Waals surface area contributed by atoms with Crippen molar-refractivity contribution in [1.82, 2.24) is 0 Å². The van der Waals surface area contributed by atoms with Crippen molar-refractivity contribution >= 4 is 7.12 Å².